The summed E-state index contributed by atoms with van der Waals surface area (Å²) in [6, 6.07) is 11.1. The fraction of sp³-hybridized carbons (Fsp3) is 0.143. The number of nitrogens with two attached hydrogens (primary N) is 1. The van der Waals surface area contributed by atoms with Crippen LogP contribution >= 0.6 is 11.6 Å². The van der Waals surface area contributed by atoms with Crippen molar-refractivity contribution in [3.8, 4) is 11.5 Å². The van der Waals surface area contributed by atoms with Crippen LogP contribution < -0.4 is 10.5 Å². The van der Waals surface area contributed by atoms with Crippen molar-refractivity contribution in [1.29, 1.82) is 0 Å². The van der Waals surface area contributed by atoms with Gasteiger partial charge in [0, 0.05) is 17.7 Å². The van der Waals surface area contributed by atoms with E-state index in [0.717, 1.165) is 5.56 Å². The fourth-order valence-electron chi connectivity index (χ4n) is 1.75. The average Bonchev–Trinajstić information content (AvgIpc) is 2.41. The number of ether oxygens (including phenoxy) is 1. The molecule has 0 heterocycles. The van der Waals surface area contributed by atoms with Gasteiger partial charge in [-0.25, -0.2) is 0 Å². The number of para-hydroxylation sites is 1. The van der Waals surface area contributed by atoms with Crippen molar-refractivity contribution in [2.45, 2.75) is 13.0 Å². The molecular formula is C14H13ClN2O3. The van der Waals surface area contributed by atoms with E-state index in [4.69, 9.17) is 22.1 Å². The maximum atomic E-state index is 10.8. The van der Waals surface area contributed by atoms with Crippen molar-refractivity contribution in [1.82, 2.24) is 0 Å². The molecule has 0 amide bonds. The van der Waals surface area contributed by atoms with E-state index in [9.17, 15) is 10.1 Å². The maximum absolute atomic E-state index is 10.8. The predicted octanol–water partition coefficient (Wildman–Crippen LogP) is 4.06. The lowest BCUT2D eigenvalue weighted by Gasteiger charge is -2.14. The summed E-state index contributed by atoms with van der Waals surface area (Å²) >= 11 is 6.00. The first kappa shape index (κ1) is 14.3. The van der Waals surface area contributed by atoms with Crippen molar-refractivity contribution < 1.29 is 9.66 Å². The van der Waals surface area contributed by atoms with Crippen molar-refractivity contribution in [3.05, 3.63) is 63.2 Å². The summed E-state index contributed by atoms with van der Waals surface area (Å²) in [7, 11) is 0. The second-order valence-electron chi connectivity index (χ2n) is 4.30. The first-order chi connectivity index (χ1) is 9.49. The standard InChI is InChI=1S/C14H13ClN2O3/c1-9(16)11-4-2-3-5-13(11)20-14-8-10(17(18)19)6-7-12(14)15/h2-9H,16H2,1H3. The minimum absolute atomic E-state index is 0.0809. The molecule has 0 saturated heterocycles. The summed E-state index contributed by atoms with van der Waals surface area (Å²) in [6.45, 7) is 1.83. The van der Waals surface area contributed by atoms with Crippen LogP contribution in [0.5, 0.6) is 11.5 Å². The van der Waals surface area contributed by atoms with Gasteiger partial charge in [0.05, 0.1) is 16.0 Å². The quantitative estimate of drug-likeness (QED) is 0.681. The van der Waals surface area contributed by atoms with Crippen molar-refractivity contribution in [2.24, 2.45) is 5.73 Å². The molecular weight excluding hydrogens is 280 g/mol. The van der Waals surface area contributed by atoms with Crippen LogP contribution in [0.2, 0.25) is 5.02 Å². The van der Waals surface area contributed by atoms with Crippen LogP contribution in [-0.2, 0) is 0 Å². The molecule has 20 heavy (non-hydrogen) atoms. The lowest BCUT2D eigenvalue weighted by Crippen LogP contribution is -2.06. The van der Waals surface area contributed by atoms with Gasteiger partial charge in [0.2, 0.25) is 0 Å². The normalized spacial score (nSPS) is 11.9. The number of nitrogens with zero attached hydrogens (tertiary/aromatic N) is 1. The molecule has 2 aromatic rings. The highest BCUT2D eigenvalue weighted by molar-refractivity contribution is 6.32. The number of nitro groups is 1. The molecule has 6 heteroatoms. The SMILES string of the molecule is CC(N)c1ccccc1Oc1cc([N+](=O)[O-])ccc1Cl. The molecule has 0 aliphatic rings. The van der Waals surface area contributed by atoms with E-state index < -0.39 is 4.92 Å². The van der Waals surface area contributed by atoms with Crippen LogP contribution in [0.4, 0.5) is 5.69 Å². The van der Waals surface area contributed by atoms with Crippen LogP contribution in [0.25, 0.3) is 0 Å². The highest BCUT2D eigenvalue weighted by atomic mass is 35.5. The van der Waals surface area contributed by atoms with Crippen LogP contribution in [0.1, 0.15) is 18.5 Å². The van der Waals surface area contributed by atoms with Gasteiger partial charge in [-0.2, -0.15) is 0 Å². The minimum atomic E-state index is -0.499. The van der Waals surface area contributed by atoms with Gasteiger partial charge < -0.3 is 10.5 Å². The number of hydrogen-bond donors (Lipinski definition) is 1. The van der Waals surface area contributed by atoms with Gasteiger partial charge in [0.1, 0.15) is 5.75 Å². The monoisotopic (exact) mass is 292 g/mol. The third-order valence-electron chi connectivity index (χ3n) is 2.76. The molecule has 0 aromatic heterocycles. The number of rotatable bonds is 4. The molecule has 2 N–H and O–H groups in total. The van der Waals surface area contributed by atoms with Gasteiger partial charge in [0.25, 0.3) is 5.69 Å². The van der Waals surface area contributed by atoms with Crippen LogP contribution in [0, 0.1) is 10.1 Å². The Bertz CT molecular complexity index is 644. The summed E-state index contributed by atoms with van der Waals surface area (Å²) in [5.41, 5.74) is 6.58. The molecule has 0 spiro atoms. The topological polar surface area (TPSA) is 78.4 Å². The Kier molecular flexibility index (Phi) is 4.22. The Morgan fingerprint density at radius 3 is 2.60 bits per heavy atom. The minimum Gasteiger partial charge on any atom is -0.455 e. The number of halogens is 1. The number of non-ortho nitro benzene ring substituents is 1. The smallest absolute Gasteiger partial charge is 0.273 e. The molecule has 0 radical (unpaired) electrons. The Balaban J connectivity index is 2.40. The predicted molar refractivity (Wildman–Crippen MR) is 77.2 cm³/mol. The number of nitro benzene ring substituents is 1. The molecule has 0 aliphatic heterocycles. The van der Waals surface area contributed by atoms with Gasteiger partial charge in [-0.1, -0.05) is 29.8 Å². The van der Waals surface area contributed by atoms with Crippen molar-refractivity contribution in [2.75, 3.05) is 0 Å². The highest BCUT2D eigenvalue weighted by Crippen LogP contribution is 2.35. The summed E-state index contributed by atoms with van der Waals surface area (Å²) in [4.78, 5) is 10.3. The third-order valence-corrected chi connectivity index (χ3v) is 3.07. The van der Waals surface area contributed by atoms with Gasteiger partial charge in [0.15, 0.2) is 5.75 Å². The van der Waals surface area contributed by atoms with Crippen molar-refractivity contribution >= 4 is 17.3 Å². The maximum Gasteiger partial charge on any atom is 0.273 e. The first-order valence-corrected chi connectivity index (χ1v) is 6.33. The van der Waals surface area contributed by atoms with Crippen LogP contribution in [-0.4, -0.2) is 4.92 Å². The summed E-state index contributed by atoms with van der Waals surface area (Å²) in [5, 5.41) is 11.1. The van der Waals surface area contributed by atoms with Crippen molar-refractivity contribution in [3.63, 3.8) is 0 Å². The molecule has 0 bridgehead atoms. The van der Waals surface area contributed by atoms with E-state index in [-0.39, 0.29) is 17.5 Å². The zero-order valence-electron chi connectivity index (χ0n) is 10.7. The molecule has 2 aromatic carbocycles. The Hall–Kier alpha value is -2.11. The van der Waals surface area contributed by atoms with E-state index in [0.29, 0.717) is 10.8 Å². The van der Waals surface area contributed by atoms with Gasteiger partial charge in [-0.3, -0.25) is 10.1 Å². The molecule has 2 rings (SSSR count). The second-order valence-corrected chi connectivity index (χ2v) is 4.71. The first-order valence-electron chi connectivity index (χ1n) is 5.95. The summed E-state index contributed by atoms with van der Waals surface area (Å²) < 4.78 is 5.68. The zero-order valence-corrected chi connectivity index (χ0v) is 11.5. The van der Waals surface area contributed by atoms with Gasteiger partial charge >= 0.3 is 0 Å². The Morgan fingerprint density at radius 2 is 1.95 bits per heavy atom. The Labute approximate surface area is 121 Å². The lowest BCUT2D eigenvalue weighted by molar-refractivity contribution is -0.384. The number of hydrogen-bond acceptors (Lipinski definition) is 4. The third kappa shape index (κ3) is 3.07. The molecule has 0 aliphatic carbocycles. The largest absolute Gasteiger partial charge is 0.455 e. The van der Waals surface area contributed by atoms with E-state index >= 15 is 0 Å². The molecule has 104 valence electrons. The molecule has 1 unspecified atom stereocenters. The van der Waals surface area contributed by atoms with E-state index in [2.05, 4.69) is 0 Å². The molecule has 1 atom stereocenters. The van der Waals surface area contributed by atoms with E-state index in [1.807, 2.05) is 19.1 Å². The van der Waals surface area contributed by atoms with Crippen LogP contribution in [0.15, 0.2) is 42.5 Å². The van der Waals surface area contributed by atoms with E-state index in [1.54, 1.807) is 12.1 Å². The Morgan fingerprint density at radius 1 is 1.25 bits per heavy atom. The number of benzene rings is 2. The molecule has 0 saturated carbocycles. The zero-order chi connectivity index (χ0) is 14.7. The van der Waals surface area contributed by atoms with Crippen LogP contribution in [0.3, 0.4) is 0 Å². The van der Waals surface area contributed by atoms with Gasteiger partial charge in [-0.15, -0.1) is 0 Å². The van der Waals surface area contributed by atoms with Gasteiger partial charge in [-0.05, 0) is 19.1 Å². The summed E-state index contributed by atoms with van der Waals surface area (Å²) in [5.74, 6) is 0.763. The highest BCUT2D eigenvalue weighted by Gasteiger charge is 2.14. The average molecular weight is 293 g/mol. The lowest BCUT2D eigenvalue weighted by atomic mass is 10.1. The second kappa shape index (κ2) is 5.90. The fourth-order valence-corrected chi connectivity index (χ4v) is 1.91. The molecule has 0 fully saturated rings. The van der Waals surface area contributed by atoms with E-state index in [1.165, 1.54) is 18.2 Å². The molecule has 5 nitrogen and oxygen atoms in total. The summed E-state index contributed by atoms with van der Waals surface area (Å²) in [6.07, 6.45) is 0.